The van der Waals surface area contributed by atoms with Crippen molar-refractivity contribution in [2.24, 2.45) is 0 Å². The Hall–Kier alpha value is -1.23. The van der Waals surface area contributed by atoms with Gasteiger partial charge in [0.15, 0.2) is 0 Å². The van der Waals surface area contributed by atoms with Gasteiger partial charge in [-0.1, -0.05) is 0 Å². The average molecular weight is 214 g/mol. The minimum Gasteiger partial charge on any atom is -0.444 e. The summed E-state index contributed by atoms with van der Waals surface area (Å²) in [4.78, 5) is 11.3. The Morgan fingerprint density at radius 2 is 2.21 bits per heavy atom. The van der Waals surface area contributed by atoms with Gasteiger partial charge in [-0.2, -0.15) is 0 Å². The van der Waals surface area contributed by atoms with Crippen molar-refractivity contribution in [3.8, 4) is 0 Å². The molecule has 3 N–H and O–H groups in total. The van der Waals surface area contributed by atoms with E-state index in [1.54, 1.807) is 6.07 Å². The lowest BCUT2D eigenvalue weighted by molar-refractivity contribution is 0.0636. The second-order valence-corrected chi connectivity index (χ2v) is 4.77. The second kappa shape index (κ2) is 3.88. The first-order valence-electron chi connectivity index (χ1n) is 4.21. The van der Waals surface area contributed by atoms with Crippen molar-refractivity contribution in [3.63, 3.8) is 0 Å². The van der Waals surface area contributed by atoms with Crippen LogP contribution >= 0.6 is 11.3 Å². The maximum Gasteiger partial charge on any atom is 0.412 e. The number of carbonyl (C=O) groups excluding carboxylic acids is 1. The predicted octanol–water partition coefficient (Wildman–Crippen LogP) is 2.68. The van der Waals surface area contributed by atoms with Crippen LogP contribution in [0.25, 0.3) is 0 Å². The molecule has 14 heavy (non-hydrogen) atoms. The van der Waals surface area contributed by atoms with E-state index in [0.717, 1.165) is 0 Å². The Morgan fingerprint density at radius 3 is 2.64 bits per heavy atom. The summed E-state index contributed by atoms with van der Waals surface area (Å²) in [6.45, 7) is 5.43. The summed E-state index contributed by atoms with van der Waals surface area (Å²) in [5, 5.41) is 4.96. The van der Waals surface area contributed by atoms with Crippen LogP contribution in [0.3, 0.4) is 0 Å². The molecule has 0 saturated carbocycles. The molecule has 1 rings (SSSR count). The lowest BCUT2D eigenvalue weighted by atomic mass is 10.2. The molecule has 0 saturated heterocycles. The van der Waals surface area contributed by atoms with E-state index in [4.69, 9.17) is 10.5 Å². The molecule has 1 aromatic heterocycles. The fraction of sp³-hybridized carbons (Fsp3) is 0.444. The van der Waals surface area contributed by atoms with Crippen molar-refractivity contribution in [2.75, 3.05) is 11.1 Å². The molecular formula is C9H14N2O2S. The van der Waals surface area contributed by atoms with Crippen LogP contribution in [-0.2, 0) is 4.74 Å². The zero-order valence-corrected chi connectivity index (χ0v) is 9.27. The summed E-state index contributed by atoms with van der Waals surface area (Å²) >= 11 is 1.37. The fourth-order valence-corrected chi connectivity index (χ4v) is 1.43. The molecule has 0 bridgehead atoms. The summed E-state index contributed by atoms with van der Waals surface area (Å²) in [5.74, 6) is 0. The molecule has 4 nitrogen and oxygen atoms in total. The van der Waals surface area contributed by atoms with E-state index in [-0.39, 0.29) is 0 Å². The Kier molecular flexibility index (Phi) is 3.00. The summed E-state index contributed by atoms with van der Waals surface area (Å²) < 4.78 is 5.07. The third-order valence-electron chi connectivity index (χ3n) is 1.33. The molecule has 78 valence electrons. The van der Waals surface area contributed by atoms with Gasteiger partial charge in [0.25, 0.3) is 0 Å². The third-order valence-corrected chi connectivity index (χ3v) is 2.08. The Labute approximate surface area is 87.1 Å². The maximum absolute atomic E-state index is 11.3. The molecule has 0 aromatic carbocycles. The van der Waals surface area contributed by atoms with E-state index in [1.807, 2.05) is 26.2 Å². The second-order valence-electron chi connectivity index (χ2n) is 3.83. The lowest BCUT2D eigenvalue weighted by Gasteiger charge is -2.19. The number of amides is 1. The van der Waals surface area contributed by atoms with Crippen molar-refractivity contribution in [3.05, 3.63) is 11.4 Å². The summed E-state index contributed by atoms with van der Waals surface area (Å²) in [5.41, 5.74) is 5.71. The summed E-state index contributed by atoms with van der Waals surface area (Å²) in [6, 6.07) is 1.74. The number of thiophene rings is 1. The summed E-state index contributed by atoms with van der Waals surface area (Å²) in [7, 11) is 0. The van der Waals surface area contributed by atoms with Crippen LogP contribution in [0, 0.1) is 0 Å². The Bertz CT molecular complexity index is 328. The normalized spacial score (nSPS) is 11.1. The van der Waals surface area contributed by atoms with E-state index in [9.17, 15) is 4.79 Å². The van der Waals surface area contributed by atoms with Crippen LogP contribution < -0.4 is 11.1 Å². The van der Waals surface area contributed by atoms with Gasteiger partial charge < -0.3 is 10.5 Å². The van der Waals surface area contributed by atoms with Crippen LogP contribution in [-0.4, -0.2) is 11.7 Å². The van der Waals surface area contributed by atoms with Gasteiger partial charge >= 0.3 is 6.09 Å². The SMILES string of the molecule is CC(C)(C)OC(=O)Nc1ccsc1N. The van der Waals surface area contributed by atoms with Crippen LogP contribution in [0.15, 0.2) is 11.4 Å². The van der Waals surface area contributed by atoms with Crippen molar-refractivity contribution in [1.29, 1.82) is 0 Å². The predicted molar refractivity (Wildman–Crippen MR) is 58.6 cm³/mol. The first kappa shape index (κ1) is 10.8. The van der Waals surface area contributed by atoms with Gasteiger partial charge in [0.1, 0.15) is 10.6 Å². The van der Waals surface area contributed by atoms with Crippen LogP contribution in [0.4, 0.5) is 15.5 Å². The molecule has 0 radical (unpaired) electrons. The lowest BCUT2D eigenvalue weighted by Crippen LogP contribution is -2.27. The number of anilines is 2. The van der Waals surface area contributed by atoms with Crippen molar-refractivity contribution in [2.45, 2.75) is 26.4 Å². The number of nitrogen functional groups attached to an aromatic ring is 1. The molecule has 0 aliphatic rings. The number of nitrogens with two attached hydrogens (primary N) is 1. The highest BCUT2D eigenvalue weighted by Gasteiger charge is 2.16. The van der Waals surface area contributed by atoms with Crippen molar-refractivity contribution < 1.29 is 9.53 Å². The van der Waals surface area contributed by atoms with Crippen LogP contribution in [0.5, 0.6) is 0 Å². The average Bonchev–Trinajstić information content (AvgIpc) is 2.32. The molecule has 0 aliphatic heterocycles. The highest BCUT2D eigenvalue weighted by atomic mass is 32.1. The largest absolute Gasteiger partial charge is 0.444 e. The highest BCUT2D eigenvalue weighted by Crippen LogP contribution is 2.24. The van der Waals surface area contributed by atoms with Gasteiger partial charge in [0, 0.05) is 0 Å². The third kappa shape index (κ3) is 3.26. The first-order valence-corrected chi connectivity index (χ1v) is 5.09. The van der Waals surface area contributed by atoms with Gasteiger partial charge in [-0.15, -0.1) is 11.3 Å². The Balaban J connectivity index is 2.54. The molecule has 0 atom stereocenters. The fourth-order valence-electron chi connectivity index (χ4n) is 0.838. The molecule has 0 fully saturated rings. The standard InChI is InChI=1S/C9H14N2O2S/c1-9(2,3)13-8(12)11-6-4-5-14-7(6)10/h4-5H,10H2,1-3H3,(H,11,12). The molecule has 0 aliphatic carbocycles. The number of ether oxygens (including phenoxy) is 1. The monoisotopic (exact) mass is 214 g/mol. The van der Waals surface area contributed by atoms with E-state index >= 15 is 0 Å². The minimum atomic E-state index is -0.491. The van der Waals surface area contributed by atoms with E-state index in [1.165, 1.54) is 11.3 Å². The molecule has 0 spiro atoms. The number of carbonyl (C=O) groups is 1. The zero-order valence-electron chi connectivity index (χ0n) is 8.46. The number of nitrogens with one attached hydrogen (secondary N) is 1. The van der Waals surface area contributed by atoms with Crippen LogP contribution in [0.2, 0.25) is 0 Å². The molecule has 0 unspecified atom stereocenters. The van der Waals surface area contributed by atoms with Gasteiger partial charge in [0.05, 0.1) is 5.69 Å². The molecule has 1 aromatic rings. The van der Waals surface area contributed by atoms with Gasteiger partial charge in [-0.05, 0) is 32.2 Å². The first-order chi connectivity index (χ1) is 6.38. The minimum absolute atomic E-state index is 0.484. The molecule has 1 amide bonds. The maximum atomic E-state index is 11.3. The molecular weight excluding hydrogens is 200 g/mol. The highest BCUT2D eigenvalue weighted by molar-refractivity contribution is 7.14. The van der Waals surface area contributed by atoms with Gasteiger partial charge in [0.2, 0.25) is 0 Å². The number of hydrogen-bond donors (Lipinski definition) is 2. The molecule has 5 heteroatoms. The quantitative estimate of drug-likeness (QED) is 0.755. The molecule has 1 heterocycles. The zero-order chi connectivity index (χ0) is 10.8. The topological polar surface area (TPSA) is 64.3 Å². The Morgan fingerprint density at radius 1 is 1.57 bits per heavy atom. The van der Waals surface area contributed by atoms with Crippen molar-refractivity contribution >= 4 is 28.1 Å². The van der Waals surface area contributed by atoms with Crippen molar-refractivity contribution in [1.82, 2.24) is 0 Å². The van der Waals surface area contributed by atoms with Gasteiger partial charge in [-0.25, -0.2) is 4.79 Å². The number of rotatable bonds is 1. The summed E-state index contributed by atoms with van der Waals surface area (Å²) in [6.07, 6.45) is -0.484. The van der Waals surface area contributed by atoms with Crippen LogP contribution in [0.1, 0.15) is 20.8 Å². The van der Waals surface area contributed by atoms with E-state index < -0.39 is 11.7 Å². The number of hydrogen-bond acceptors (Lipinski definition) is 4. The van der Waals surface area contributed by atoms with E-state index in [2.05, 4.69) is 5.32 Å². The smallest absolute Gasteiger partial charge is 0.412 e. The van der Waals surface area contributed by atoms with Gasteiger partial charge in [-0.3, -0.25) is 5.32 Å². The van der Waals surface area contributed by atoms with E-state index in [0.29, 0.717) is 10.7 Å².